The summed E-state index contributed by atoms with van der Waals surface area (Å²) in [5.74, 6) is -1.23. The fourth-order valence-electron chi connectivity index (χ4n) is 4.11. The van der Waals surface area contributed by atoms with E-state index in [1.165, 1.54) is 6.07 Å². The minimum absolute atomic E-state index is 0.0859. The Hall–Kier alpha value is -3.26. The maximum atomic E-state index is 13.9. The summed E-state index contributed by atoms with van der Waals surface area (Å²) in [4.78, 5) is 41.8. The third-order valence-electron chi connectivity index (χ3n) is 5.99. The molecule has 1 fully saturated rings. The Kier molecular flexibility index (Phi) is 7.48. The van der Waals surface area contributed by atoms with Gasteiger partial charge in [0.25, 0.3) is 5.91 Å². The molecular formula is C25H31FN4O3. The lowest BCUT2D eigenvalue weighted by atomic mass is 9.97. The van der Waals surface area contributed by atoms with Gasteiger partial charge in [-0.2, -0.15) is 0 Å². The van der Waals surface area contributed by atoms with Gasteiger partial charge in [-0.3, -0.25) is 19.3 Å². The van der Waals surface area contributed by atoms with Gasteiger partial charge in [0.05, 0.1) is 12.5 Å². The number of piperazine rings is 1. The van der Waals surface area contributed by atoms with Crippen LogP contribution in [0.3, 0.4) is 0 Å². The van der Waals surface area contributed by atoms with Crippen molar-refractivity contribution in [2.24, 2.45) is 0 Å². The summed E-state index contributed by atoms with van der Waals surface area (Å²) < 4.78 is 13.9. The van der Waals surface area contributed by atoms with Crippen molar-refractivity contribution in [2.45, 2.75) is 31.8 Å². The number of benzene rings is 2. The molecule has 0 aliphatic carbocycles. The standard InChI is InChI=1S/C25H31FN4O3/c1-25(2,28-22(31)15-17-8-5-6-11-20(17)26)24(33)30-13-12-29(4)21(16-30)18-9-7-10-19(14-18)23(32)27-3/h5-11,14,21H,12-13,15-16H2,1-4H3,(H,27,32)(H,28,31). The van der Waals surface area contributed by atoms with Crippen LogP contribution in [0.5, 0.6) is 0 Å². The quantitative estimate of drug-likeness (QED) is 0.701. The second-order valence-electron chi connectivity index (χ2n) is 8.89. The molecule has 33 heavy (non-hydrogen) atoms. The molecule has 3 rings (SSSR count). The topological polar surface area (TPSA) is 81.8 Å². The first kappa shape index (κ1) is 24.4. The van der Waals surface area contributed by atoms with Gasteiger partial charge in [-0.15, -0.1) is 0 Å². The van der Waals surface area contributed by atoms with Gasteiger partial charge in [-0.25, -0.2) is 4.39 Å². The summed E-state index contributed by atoms with van der Waals surface area (Å²) in [5, 5.41) is 5.39. The van der Waals surface area contributed by atoms with E-state index in [2.05, 4.69) is 15.5 Å². The average molecular weight is 455 g/mol. The van der Waals surface area contributed by atoms with Crippen molar-refractivity contribution in [1.29, 1.82) is 0 Å². The number of nitrogens with zero attached hydrogens (tertiary/aromatic N) is 2. The number of carbonyl (C=O) groups is 3. The molecule has 2 aromatic rings. The Balaban J connectivity index is 1.70. The molecule has 2 aromatic carbocycles. The molecule has 2 N–H and O–H groups in total. The molecule has 1 atom stereocenters. The minimum atomic E-state index is -1.15. The number of likely N-dealkylation sites (N-methyl/N-ethyl adjacent to an activating group) is 1. The van der Waals surface area contributed by atoms with Gasteiger partial charge in [-0.1, -0.05) is 30.3 Å². The van der Waals surface area contributed by atoms with E-state index in [1.54, 1.807) is 50.1 Å². The zero-order valence-electron chi connectivity index (χ0n) is 19.5. The Morgan fingerprint density at radius 2 is 1.82 bits per heavy atom. The van der Waals surface area contributed by atoms with Gasteiger partial charge in [0.15, 0.2) is 0 Å². The lowest BCUT2D eigenvalue weighted by molar-refractivity contribution is -0.142. The summed E-state index contributed by atoms with van der Waals surface area (Å²) >= 11 is 0. The van der Waals surface area contributed by atoms with Crippen LogP contribution in [-0.4, -0.2) is 66.8 Å². The third-order valence-corrected chi connectivity index (χ3v) is 5.99. The maximum absolute atomic E-state index is 13.9. The van der Waals surface area contributed by atoms with Crippen molar-refractivity contribution in [1.82, 2.24) is 20.4 Å². The molecule has 0 bridgehead atoms. The highest BCUT2D eigenvalue weighted by Crippen LogP contribution is 2.26. The van der Waals surface area contributed by atoms with Crippen LogP contribution >= 0.6 is 0 Å². The van der Waals surface area contributed by atoms with E-state index >= 15 is 0 Å². The highest BCUT2D eigenvalue weighted by Gasteiger charge is 2.37. The summed E-state index contributed by atoms with van der Waals surface area (Å²) in [6, 6.07) is 13.4. The number of nitrogens with one attached hydrogen (secondary N) is 2. The maximum Gasteiger partial charge on any atom is 0.251 e. The van der Waals surface area contributed by atoms with Gasteiger partial charge >= 0.3 is 0 Å². The second kappa shape index (κ2) is 10.1. The first-order valence-electron chi connectivity index (χ1n) is 11.0. The lowest BCUT2D eigenvalue weighted by Gasteiger charge is -2.42. The predicted molar refractivity (Wildman–Crippen MR) is 124 cm³/mol. The Labute approximate surface area is 193 Å². The summed E-state index contributed by atoms with van der Waals surface area (Å²) in [7, 11) is 3.57. The Morgan fingerprint density at radius 1 is 1.09 bits per heavy atom. The molecule has 1 aliphatic rings. The normalized spacial score (nSPS) is 16.9. The van der Waals surface area contributed by atoms with Crippen LogP contribution < -0.4 is 10.6 Å². The van der Waals surface area contributed by atoms with Crippen LogP contribution in [0, 0.1) is 5.82 Å². The third kappa shape index (κ3) is 5.76. The number of halogens is 1. The van der Waals surface area contributed by atoms with Crippen LogP contribution in [0.4, 0.5) is 4.39 Å². The number of hydrogen-bond donors (Lipinski definition) is 2. The fraction of sp³-hybridized carbons (Fsp3) is 0.400. The van der Waals surface area contributed by atoms with Gasteiger partial charge in [0.2, 0.25) is 11.8 Å². The largest absolute Gasteiger partial charge is 0.355 e. The summed E-state index contributed by atoms with van der Waals surface area (Å²) in [6.07, 6.45) is -0.138. The molecule has 3 amide bonds. The number of amides is 3. The van der Waals surface area contributed by atoms with Gasteiger partial charge < -0.3 is 15.5 Å². The number of rotatable bonds is 6. The molecule has 176 valence electrons. The van der Waals surface area contributed by atoms with Crippen molar-refractivity contribution in [3.63, 3.8) is 0 Å². The van der Waals surface area contributed by atoms with E-state index in [0.717, 1.165) is 5.56 Å². The molecule has 1 heterocycles. The molecular weight excluding hydrogens is 423 g/mol. The lowest BCUT2D eigenvalue weighted by Crippen LogP contribution is -2.60. The van der Waals surface area contributed by atoms with Gasteiger partial charge in [0, 0.05) is 32.2 Å². The molecule has 1 saturated heterocycles. The van der Waals surface area contributed by atoms with Crippen LogP contribution in [0.2, 0.25) is 0 Å². The van der Waals surface area contributed by atoms with Crippen LogP contribution in [0.1, 0.15) is 41.4 Å². The molecule has 0 saturated carbocycles. The van der Waals surface area contributed by atoms with Crippen molar-refractivity contribution >= 4 is 17.7 Å². The molecule has 7 nitrogen and oxygen atoms in total. The van der Waals surface area contributed by atoms with E-state index < -0.39 is 17.3 Å². The minimum Gasteiger partial charge on any atom is -0.355 e. The Morgan fingerprint density at radius 3 is 2.52 bits per heavy atom. The van der Waals surface area contributed by atoms with Crippen LogP contribution in [0.15, 0.2) is 48.5 Å². The van der Waals surface area contributed by atoms with E-state index in [1.807, 2.05) is 25.2 Å². The van der Waals surface area contributed by atoms with Crippen LogP contribution in [-0.2, 0) is 16.0 Å². The van der Waals surface area contributed by atoms with Crippen molar-refractivity contribution < 1.29 is 18.8 Å². The predicted octanol–water partition coefficient (Wildman–Crippen LogP) is 2.14. The molecule has 8 heteroatoms. The number of carbonyl (C=O) groups excluding carboxylic acids is 3. The van der Waals surface area contributed by atoms with Crippen molar-refractivity contribution in [2.75, 3.05) is 33.7 Å². The first-order valence-corrected chi connectivity index (χ1v) is 11.0. The van der Waals surface area contributed by atoms with Gasteiger partial charge in [-0.05, 0) is 50.2 Å². The Bertz CT molecular complexity index is 1040. The number of hydrogen-bond acceptors (Lipinski definition) is 4. The monoisotopic (exact) mass is 454 g/mol. The smallest absolute Gasteiger partial charge is 0.251 e. The molecule has 1 aliphatic heterocycles. The zero-order chi connectivity index (χ0) is 24.2. The zero-order valence-corrected chi connectivity index (χ0v) is 19.5. The van der Waals surface area contributed by atoms with Gasteiger partial charge in [0.1, 0.15) is 11.4 Å². The van der Waals surface area contributed by atoms with E-state index in [4.69, 9.17) is 0 Å². The van der Waals surface area contributed by atoms with E-state index in [0.29, 0.717) is 25.2 Å². The highest BCUT2D eigenvalue weighted by atomic mass is 19.1. The summed E-state index contributed by atoms with van der Waals surface area (Å²) in [5.41, 5.74) is 0.645. The van der Waals surface area contributed by atoms with Crippen molar-refractivity contribution in [3.8, 4) is 0 Å². The highest BCUT2D eigenvalue weighted by molar-refractivity contribution is 5.94. The average Bonchev–Trinajstić information content (AvgIpc) is 2.79. The SMILES string of the molecule is CNC(=O)c1cccc(C2CN(C(=O)C(C)(C)NC(=O)Cc3ccccc3F)CCN2C)c1. The first-order chi connectivity index (χ1) is 15.6. The van der Waals surface area contributed by atoms with Crippen LogP contribution in [0.25, 0.3) is 0 Å². The van der Waals surface area contributed by atoms with E-state index in [-0.39, 0.29) is 29.8 Å². The fourth-order valence-corrected chi connectivity index (χ4v) is 4.11. The van der Waals surface area contributed by atoms with E-state index in [9.17, 15) is 18.8 Å². The molecule has 0 spiro atoms. The second-order valence-corrected chi connectivity index (χ2v) is 8.89. The molecule has 0 radical (unpaired) electrons. The molecule has 1 unspecified atom stereocenters. The van der Waals surface area contributed by atoms with Crippen molar-refractivity contribution in [3.05, 3.63) is 71.0 Å². The summed E-state index contributed by atoms with van der Waals surface area (Å²) in [6.45, 7) is 4.93. The molecule has 0 aromatic heterocycles.